The molecule has 0 aromatic heterocycles. The molecule has 2 saturated carbocycles. The summed E-state index contributed by atoms with van der Waals surface area (Å²) in [6, 6.07) is 0. The average Bonchev–Trinajstić information content (AvgIpc) is 2.73. The Bertz CT molecular complexity index is 369. The van der Waals surface area contributed by atoms with Crippen molar-refractivity contribution in [2.24, 2.45) is 16.7 Å². The van der Waals surface area contributed by atoms with Gasteiger partial charge in [0.05, 0.1) is 12.8 Å². The largest absolute Gasteiger partial charge is 0.481 e. The number of carboxylic acid groups (broad SMARTS) is 1. The predicted molar refractivity (Wildman–Crippen MR) is 66.0 cm³/mol. The predicted octanol–water partition coefficient (Wildman–Crippen LogP) is 2.61. The van der Waals surface area contributed by atoms with Crippen molar-refractivity contribution in [3.63, 3.8) is 0 Å². The standard InChI is InChI=1S/C14H22O4/c1-13(2)9-6-7-14(3,8-9)12(13)18-11(17)5-4-10(15)16/h9,12H,4-8H2,1-3H3,(H,15,16). The van der Waals surface area contributed by atoms with Crippen LogP contribution >= 0.6 is 0 Å². The molecule has 2 aliphatic carbocycles. The van der Waals surface area contributed by atoms with Gasteiger partial charge in [0.15, 0.2) is 0 Å². The van der Waals surface area contributed by atoms with Crippen molar-refractivity contribution >= 4 is 11.9 Å². The molecule has 4 heteroatoms. The molecule has 3 unspecified atom stereocenters. The molecule has 0 aromatic rings. The Morgan fingerprint density at radius 3 is 2.44 bits per heavy atom. The fourth-order valence-corrected chi connectivity index (χ4v) is 3.95. The molecule has 0 heterocycles. The monoisotopic (exact) mass is 254 g/mol. The minimum Gasteiger partial charge on any atom is -0.481 e. The van der Waals surface area contributed by atoms with E-state index in [4.69, 9.17) is 9.84 Å². The summed E-state index contributed by atoms with van der Waals surface area (Å²) in [5.41, 5.74) is 0.110. The first kappa shape index (κ1) is 13.4. The second kappa shape index (κ2) is 4.25. The van der Waals surface area contributed by atoms with Crippen molar-refractivity contribution in [2.75, 3.05) is 0 Å². The number of fused-ring (bicyclic) bond motifs is 2. The van der Waals surface area contributed by atoms with Crippen LogP contribution in [-0.4, -0.2) is 23.1 Å². The molecule has 4 nitrogen and oxygen atoms in total. The molecule has 0 amide bonds. The lowest BCUT2D eigenvalue weighted by molar-refractivity contribution is -0.166. The molecule has 0 radical (unpaired) electrons. The molecule has 1 N–H and O–H groups in total. The highest BCUT2D eigenvalue weighted by Gasteiger charge is 2.61. The number of hydrogen-bond acceptors (Lipinski definition) is 3. The zero-order valence-electron chi connectivity index (χ0n) is 11.4. The van der Waals surface area contributed by atoms with Crippen LogP contribution in [0.1, 0.15) is 52.9 Å². The van der Waals surface area contributed by atoms with Gasteiger partial charge in [-0.2, -0.15) is 0 Å². The van der Waals surface area contributed by atoms with E-state index in [1.807, 2.05) is 0 Å². The summed E-state index contributed by atoms with van der Waals surface area (Å²) in [6.45, 7) is 6.52. The first-order valence-electron chi connectivity index (χ1n) is 6.67. The summed E-state index contributed by atoms with van der Waals surface area (Å²) >= 11 is 0. The van der Waals surface area contributed by atoms with Crippen molar-refractivity contribution in [1.82, 2.24) is 0 Å². The topological polar surface area (TPSA) is 63.6 Å². The Labute approximate surface area is 108 Å². The highest BCUT2D eigenvalue weighted by molar-refractivity contribution is 5.76. The Balaban J connectivity index is 2.00. The van der Waals surface area contributed by atoms with Gasteiger partial charge in [-0.05, 0) is 25.2 Å². The van der Waals surface area contributed by atoms with Gasteiger partial charge in [0.25, 0.3) is 0 Å². The number of carbonyl (C=O) groups excluding carboxylic acids is 1. The van der Waals surface area contributed by atoms with E-state index in [1.54, 1.807) is 0 Å². The summed E-state index contributed by atoms with van der Waals surface area (Å²) in [5, 5.41) is 8.57. The summed E-state index contributed by atoms with van der Waals surface area (Å²) in [5.74, 6) is -0.700. The van der Waals surface area contributed by atoms with Crippen LogP contribution in [0.3, 0.4) is 0 Å². The van der Waals surface area contributed by atoms with Gasteiger partial charge in [0.2, 0.25) is 0 Å². The molecule has 102 valence electrons. The SMILES string of the molecule is CC12CCC(C1)C(C)(C)C2OC(=O)CCC(=O)O. The van der Waals surface area contributed by atoms with Gasteiger partial charge in [0, 0.05) is 10.8 Å². The lowest BCUT2D eigenvalue weighted by Gasteiger charge is -2.41. The maximum Gasteiger partial charge on any atom is 0.306 e. The van der Waals surface area contributed by atoms with E-state index in [0.717, 1.165) is 12.8 Å². The summed E-state index contributed by atoms with van der Waals surface area (Å²) in [4.78, 5) is 22.2. The zero-order valence-corrected chi connectivity index (χ0v) is 11.4. The van der Waals surface area contributed by atoms with Crippen LogP contribution in [0, 0.1) is 16.7 Å². The Morgan fingerprint density at radius 1 is 1.28 bits per heavy atom. The van der Waals surface area contributed by atoms with Gasteiger partial charge in [0.1, 0.15) is 6.10 Å². The number of carboxylic acids is 1. The molecule has 2 bridgehead atoms. The minimum atomic E-state index is -0.953. The van der Waals surface area contributed by atoms with Gasteiger partial charge in [-0.1, -0.05) is 20.8 Å². The van der Waals surface area contributed by atoms with Gasteiger partial charge in [-0.25, -0.2) is 0 Å². The van der Waals surface area contributed by atoms with Crippen LogP contribution in [0.5, 0.6) is 0 Å². The highest BCUT2D eigenvalue weighted by Crippen LogP contribution is 2.63. The van der Waals surface area contributed by atoms with E-state index in [-0.39, 0.29) is 35.7 Å². The normalized spacial score (nSPS) is 36.6. The van der Waals surface area contributed by atoms with Gasteiger partial charge in [-0.15, -0.1) is 0 Å². The van der Waals surface area contributed by atoms with Gasteiger partial charge < -0.3 is 9.84 Å². The van der Waals surface area contributed by atoms with Crippen molar-refractivity contribution < 1.29 is 19.4 Å². The van der Waals surface area contributed by atoms with Crippen LogP contribution < -0.4 is 0 Å². The Kier molecular flexibility index (Phi) is 3.16. The third-order valence-electron chi connectivity index (χ3n) is 4.93. The van der Waals surface area contributed by atoms with Crippen LogP contribution in [0.15, 0.2) is 0 Å². The first-order valence-corrected chi connectivity index (χ1v) is 6.67. The number of aliphatic carboxylic acids is 1. The lowest BCUT2D eigenvalue weighted by atomic mass is 9.70. The Morgan fingerprint density at radius 2 is 1.94 bits per heavy atom. The zero-order chi connectivity index (χ0) is 13.6. The average molecular weight is 254 g/mol. The number of esters is 1. The molecule has 0 aliphatic heterocycles. The smallest absolute Gasteiger partial charge is 0.306 e. The van der Waals surface area contributed by atoms with Crippen LogP contribution in [0.2, 0.25) is 0 Å². The molecule has 18 heavy (non-hydrogen) atoms. The number of rotatable bonds is 4. The first-order chi connectivity index (χ1) is 8.25. The van der Waals surface area contributed by atoms with Crippen LogP contribution in [0.4, 0.5) is 0 Å². The van der Waals surface area contributed by atoms with Crippen molar-refractivity contribution in [2.45, 2.75) is 59.0 Å². The molecule has 2 aliphatic rings. The molecule has 0 spiro atoms. The molecular weight excluding hydrogens is 232 g/mol. The summed E-state index contributed by atoms with van der Waals surface area (Å²) < 4.78 is 5.61. The molecule has 2 rings (SSSR count). The third kappa shape index (κ3) is 2.13. The van der Waals surface area contributed by atoms with E-state index in [1.165, 1.54) is 6.42 Å². The minimum absolute atomic E-state index is 0.0197. The summed E-state index contributed by atoms with van der Waals surface area (Å²) in [7, 11) is 0. The second-order valence-electron chi connectivity index (χ2n) is 6.68. The maximum absolute atomic E-state index is 11.7. The number of ether oxygens (including phenoxy) is 1. The van der Waals surface area contributed by atoms with E-state index in [2.05, 4.69) is 20.8 Å². The molecule has 0 aromatic carbocycles. The number of carbonyl (C=O) groups is 2. The molecular formula is C14H22O4. The van der Waals surface area contributed by atoms with E-state index < -0.39 is 5.97 Å². The van der Waals surface area contributed by atoms with Gasteiger partial charge in [-0.3, -0.25) is 9.59 Å². The van der Waals surface area contributed by atoms with E-state index >= 15 is 0 Å². The lowest BCUT2D eigenvalue weighted by Crippen LogP contribution is -2.43. The van der Waals surface area contributed by atoms with E-state index in [9.17, 15) is 9.59 Å². The van der Waals surface area contributed by atoms with Crippen molar-refractivity contribution in [3.05, 3.63) is 0 Å². The molecule has 3 atom stereocenters. The maximum atomic E-state index is 11.7. The molecule has 0 saturated heterocycles. The summed E-state index contributed by atoms with van der Waals surface area (Å²) in [6.07, 6.45) is 3.21. The highest BCUT2D eigenvalue weighted by atomic mass is 16.5. The van der Waals surface area contributed by atoms with Crippen molar-refractivity contribution in [3.8, 4) is 0 Å². The third-order valence-corrected chi connectivity index (χ3v) is 4.93. The molecule has 2 fully saturated rings. The quantitative estimate of drug-likeness (QED) is 0.783. The fraction of sp³-hybridized carbons (Fsp3) is 0.857. The van der Waals surface area contributed by atoms with Gasteiger partial charge >= 0.3 is 11.9 Å². The van der Waals surface area contributed by atoms with Crippen molar-refractivity contribution in [1.29, 1.82) is 0 Å². The van der Waals surface area contributed by atoms with Crippen LogP contribution in [-0.2, 0) is 14.3 Å². The second-order valence-corrected chi connectivity index (χ2v) is 6.68. The fourth-order valence-electron chi connectivity index (χ4n) is 3.95. The Hall–Kier alpha value is -1.06. The number of hydrogen-bond donors (Lipinski definition) is 1. The van der Waals surface area contributed by atoms with Crippen LogP contribution in [0.25, 0.3) is 0 Å². The van der Waals surface area contributed by atoms with E-state index in [0.29, 0.717) is 5.92 Å².